The van der Waals surface area contributed by atoms with E-state index < -0.39 is 8.07 Å². The highest BCUT2D eigenvalue weighted by Crippen LogP contribution is 2.44. The van der Waals surface area contributed by atoms with Gasteiger partial charge in [-0.2, -0.15) is 0 Å². The molecule has 2 heterocycles. The zero-order valence-electron chi connectivity index (χ0n) is 19.7. The molecule has 0 aliphatic rings. The molecular weight excluding hydrogens is 441 g/mol. The van der Waals surface area contributed by atoms with Crippen LogP contribution in [0.4, 0.5) is 4.39 Å². The largest absolute Gasteiger partial charge is 0.256 e. The van der Waals surface area contributed by atoms with Crippen molar-refractivity contribution in [2.24, 2.45) is 0 Å². The van der Waals surface area contributed by atoms with Gasteiger partial charge in [-0.3, -0.25) is 4.98 Å². The first-order valence-corrected chi connectivity index (χ1v) is 15.8. The van der Waals surface area contributed by atoms with Gasteiger partial charge in [-0.1, -0.05) is 81.1 Å². The molecule has 5 rings (SSSR count). The Morgan fingerprint density at radius 3 is 2.27 bits per heavy atom. The van der Waals surface area contributed by atoms with Crippen molar-refractivity contribution in [2.45, 2.75) is 39.4 Å². The Morgan fingerprint density at radius 1 is 0.848 bits per heavy atom. The van der Waals surface area contributed by atoms with E-state index in [0.717, 1.165) is 37.0 Å². The minimum atomic E-state index is -1.41. The van der Waals surface area contributed by atoms with E-state index in [4.69, 9.17) is 0 Å². The minimum Gasteiger partial charge on any atom is -0.256 e. The molecule has 0 unspecified atom stereocenters. The third kappa shape index (κ3) is 3.92. The van der Waals surface area contributed by atoms with Crippen LogP contribution in [-0.4, -0.2) is 13.1 Å². The summed E-state index contributed by atoms with van der Waals surface area (Å²) in [6.45, 7) is 11.4. The van der Waals surface area contributed by atoms with E-state index in [-0.39, 0.29) is 5.82 Å². The van der Waals surface area contributed by atoms with Crippen molar-refractivity contribution in [3.8, 4) is 22.4 Å². The van der Waals surface area contributed by atoms with Gasteiger partial charge in [-0.25, -0.2) is 4.39 Å². The van der Waals surface area contributed by atoms with Crippen molar-refractivity contribution in [3.05, 3.63) is 84.3 Å². The number of nitrogens with zero attached hydrogens (tertiary/aromatic N) is 1. The van der Waals surface area contributed by atoms with E-state index in [1.54, 1.807) is 17.4 Å². The number of fused-ring (bicyclic) bond motifs is 3. The van der Waals surface area contributed by atoms with Crippen LogP contribution in [0.1, 0.15) is 25.3 Å². The third-order valence-electron chi connectivity index (χ3n) is 6.38. The summed E-state index contributed by atoms with van der Waals surface area (Å²) in [7, 11) is -1.41. The van der Waals surface area contributed by atoms with Gasteiger partial charge in [0.05, 0.1) is 13.8 Å². The van der Waals surface area contributed by atoms with Gasteiger partial charge in [-0.05, 0) is 41.3 Å². The lowest BCUT2D eigenvalue weighted by molar-refractivity contribution is 0.633. The van der Waals surface area contributed by atoms with Gasteiger partial charge in [0, 0.05) is 37.5 Å². The van der Waals surface area contributed by atoms with Crippen molar-refractivity contribution < 1.29 is 4.39 Å². The monoisotopic (exact) mass is 469 g/mol. The van der Waals surface area contributed by atoms with Gasteiger partial charge in [0.2, 0.25) is 0 Å². The number of aromatic nitrogens is 1. The Balaban J connectivity index is 1.74. The van der Waals surface area contributed by atoms with Crippen LogP contribution in [0.2, 0.25) is 19.6 Å². The summed E-state index contributed by atoms with van der Waals surface area (Å²) in [6.07, 6.45) is 1.89. The number of hydrogen-bond acceptors (Lipinski definition) is 2. The summed E-state index contributed by atoms with van der Waals surface area (Å²) in [5, 5.41) is 3.64. The highest BCUT2D eigenvalue weighted by molar-refractivity contribution is 7.26. The van der Waals surface area contributed by atoms with E-state index in [1.165, 1.54) is 10.8 Å². The molecule has 0 aliphatic heterocycles. The van der Waals surface area contributed by atoms with E-state index in [9.17, 15) is 0 Å². The molecule has 166 valence electrons. The molecule has 0 atom stereocenters. The van der Waals surface area contributed by atoms with E-state index in [1.807, 2.05) is 12.3 Å². The first-order valence-electron chi connectivity index (χ1n) is 11.4. The zero-order valence-corrected chi connectivity index (χ0v) is 21.6. The van der Waals surface area contributed by atoms with E-state index >= 15 is 4.39 Å². The van der Waals surface area contributed by atoms with Crippen LogP contribution in [0, 0.1) is 5.82 Å². The molecule has 0 saturated heterocycles. The topological polar surface area (TPSA) is 12.9 Å². The van der Waals surface area contributed by atoms with E-state index in [0.29, 0.717) is 11.5 Å². The lowest BCUT2D eigenvalue weighted by Gasteiger charge is -2.17. The summed E-state index contributed by atoms with van der Waals surface area (Å²) in [6, 6.07) is 22.7. The Kier molecular flexibility index (Phi) is 5.46. The van der Waals surface area contributed by atoms with Crippen LogP contribution in [0.5, 0.6) is 0 Å². The molecule has 0 aliphatic carbocycles. The fourth-order valence-corrected chi connectivity index (χ4v) is 6.95. The normalized spacial score (nSPS) is 12.2. The second kappa shape index (κ2) is 8.19. The Labute approximate surface area is 200 Å². The van der Waals surface area contributed by atoms with Crippen LogP contribution in [0.15, 0.2) is 72.9 Å². The summed E-state index contributed by atoms with van der Waals surface area (Å²) in [5.41, 5.74) is 4.99. The number of rotatable bonds is 4. The summed E-state index contributed by atoms with van der Waals surface area (Å²) < 4.78 is 17.4. The molecule has 0 radical (unpaired) electrons. The van der Waals surface area contributed by atoms with Crippen molar-refractivity contribution >= 4 is 44.8 Å². The average molecular weight is 470 g/mol. The van der Waals surface area contributed by atoms with Gasteiger partial charge in [-0.15, -0.1) is 11.3 Å². The Morgan fingerprint density at radius 2 is 1.58 bits per heavy atom. The zero-order chi connectivity index (χ0) is 23.3. The molecule has 0 saturated carbocycles. The molecule has 0 bridgehead atoms. The van der Waals surface area contributed by atoms with Gasteiger partial charge in [0.1, 0.15) is 5.82 Å². The lowest BCUT2D eigenvalue weighted by Crippen LogP contribution is -2.37. The molecule has 1 nitrogen and oxygen atoms in total. The number of thiophene rings is 1. The SMILES string of the molecule is CC(C)c1ccnc(-c2cccc3c2sc2c(-c4ccc([Si](C)(C)C)cc4)c(F)ccc23)c1. The maximum atomic E-state index is 15.2. The molecular formula is C29H28FNSSi. The smallest absolute Gasteiger partial charge is 0.132 e. The maximum Gasteiger partial charge on any atom is 0.132 e. The summed E-state index contributed by atoms with van der Waals surface area (Å²) >= 11 is 1.67. The second-order valence-corrected chi connectivity index (χ2v) is 16.1. The van der Waals surface area contributed by atoms with Gasteiger partial charge in [0.15, 0.2) is 0 Å². The van der Waals surface area contributed by atoms with Gasteiger partial charge < -0.3 is 0 Å². The van der Waals surface area contributed by atoms with Crippen molar-refractivity contribution in [2.75, 3.05) is 0 Å². The summed E-state index contributed by atoms with van der Waals surface area (Å²) in [4.78, 5) is 4.68. The predicted octanol–water partition coefficient (Wildman–Crippen LogP) is 8.59. The fourth-order valence-electron chi connectivity index (χ4n) is 4.40. The summed E-state index contributed by atoms with van der Waals surface area (Å²) in [5.74, 6) is 0.268. The van der Waals surface area contributed by atoms with Crippen molar-refractivity contribution in [1.82, 2.24) is 4.98 Å². The van der Waals surface area contributed by atoms with Gasteiger partial charge in [0.25, 0.3) is 0 Å². The second-order valence-electron chi connectivity index (χ2n) is 10.0. The van der Waals surface area contributed by atoms with Gasteiger partial charge >= 0.3 is 0 Å². The first-order chi connectivity index (χ1) is 15.7. The first kappa shape index (κ1) is 22.0. The lowest BCUT2D eigenvalue weighted by atomic mass is 9.99. The molecule has 0 spiro atoms. The number of pyridine rings is 1. The highest BCUT2D eigenvalue weighted by Gasteiger charge is 2.19. The van der Waals surface area contributed by atoms with Crippen LogP contribution >= 0.6 is 11.3 Å². The molecule has 0 N–H and O–H groups in total. The van der Waals surface area contributed by atoms with Crippen LogP contribution in [-0.2, 0) is 0 Å². The predicted molar refractivity (Wildman–Crippen MR) is 145 cm³/mol. The number of hydrogen-bond donors (Lipinski definition) is 0. The van der Waals surface area contributed by atoms with Crippen molar-refractivity contribution in [3.63, 3.8) is 0 Å². The molecule has 33 heavy (non-hydrogen) atoms. The highest BCUT2D eigenvalue weighted by atomic mass is 32.1. The van der Waals surface area contributed by atoms with Crippen LogP contribution in [0.3, 0.4) is 0 Å². The molecule has 4 heteroatoms. The Hall–Kier alpha value is -2.82. The number of halogens is 1. The Bertz CT molecular complexity index is 1480. The number of benzene rings is 3. The van der Waals surface area contributed by atoms with Crippen molar-refractivity contribution in [1.29, 1.82) is 0 Å². The average Bonchev–Trinajstić information content (AvgIpc) is 3.17. The standard InChI is InChI=1S/C29H28FNSSi/c1-18(2)20-15-16-31-26(17-20)24-8-6-7-22-23-13-14-25(30)27(29(23)32-28(22)24)19-9-11-21(12-10-19)33(3,4)5/h6-18H,1-5H3. The minimum absolute atomic E-state index is 0.170. The fraction of sp³-hybridized carbons (Fsp3) is 0.207. The third-order valence-corrected chi connectivity index (χ3v) is 9.72. The van der Waals surface area contributed by atoms with E-state index in [2.05, 4.69) is 93.1 Å². The molecule has 0 fully saturated rings. The molecule has 2 aromatic heterocycles. The maximum absolute atomic E-state index is 15.2. The quantitative estimate of drug-likeness (QED) is 0.240. The molecule has 5 aromatic rings. The molecule has 3 aromatic carbocycles. The van der Waals surface area contributed by atoms with Crippen LogP contribution < -0.4 is 5.19 Å². The molecule has 0 amide bonds. The van der Waals surface area contributed by atoms with Crippen LogP contribution in [0.25, 0.3) is 42.6 Å².